The quantitative estimate of drug-likeness (QED) is 0.0495. The van der Waals surface area contributed by atoms with E-state index in [0.717, 1.165) is 14.1 Å². The third-order valence-electron chi connectivity index (χ3n) is 12.0. The summed E-state index contributed by atoms with van der Waals surface area (Å²) in [5.41, 5.74) is 5.78. The lowest BCUT2D eigenvalue weighted by Gasteiger charge is -2.26. The van der Waals surface area contributed by atoms with E-state index in [1.54, 1.807) is 54.6 Å². The van der Waals surface area contributed by atoms with Gasteiger partial charge in [0.15, 0.2) is 23.1 Å². The molecule has 324 valence electrons. The molecule has 0 spiro atoms. The summed E-state index contributed by atoms with van der Waals surface area (Å²) in [4.78, 5) is 87.2. The van der Waals surface area contributed by atoms with E-state index in [2.05, 4.69) is 0 Å². The maximum atomic E-state index is 15.2. The van der Waals surface area contributed by atoms with Crippen LogP contribution in [0.4, 0.5) is 5.69 Å². The van der Waals surface area contributed by atoms with E-state index in [0.29, 0.717) is 40.9 Å². The number of benzene rings is 4. The number of nitrogens with zero attached hydrogens (tertiary/aromatic N) is 3. The number of rotatable bonds is 8. The summed E-state index contributed by atoms with van der Waals surface area (Å²) in [7, 11) is 0. The third-order valence-corrected chi connectivity index (χ3v) is 17.1. The van der Waals surface area contributed by atoms with Crippen molar-refractivity contribution in [3.63, 3.8) is 0 Å². The second kappa shape index (κ2) is 15.9. The van der Waals surface area contributed by atoms with Gasteiger partial charge in [0.1, 0.15) is 31.4 Å². The van der Waals surface area contributed by atoms with Crippen molar-refractivity contribution in [2.24, 2.45) is 0 Å². The minimum absolute atomic E-state index is 0.0102. The van der Waals surface area contributed by atoms with Gasteiger partial charge in [-0.2, -0.15) is 15.8 Å². The largest absolute Gasteiger partial charge is 0.459 e. The summed E-state index contributed by atoms with van der Waals surface area (Å²) in [5.74, 6) is -4.11. The van der Waals surface area contributed by atoms with Crippen molar-refractivity contribution >= 4 is 117 Å². The zero-order valence-corrected chi connectivity index (χ0v) is 37.9. The molecule has 0 radical (unpaired) electrons. The number of ketones is 4. The fraction of sp³-hybridized carbons (Fsp3) is 0.0577. The lowest BCUT2D eigenvalue weighted by atomic mass is 9.79. The number of Topliss-reactive ketones (excluding diaryl/α,β-unsaturated/α-hetero) is 4. The maximum Gasteiger partial charge on any atom is 0.333 e. The normalized spacial score (nSPS) is 14.7. The Labute approximate surface area is 400 Å². The summed E-state index contributed by atoms with van der Waals surface area (Å²) in [6.07, 6.45) is 2.92. The zero-order valence-electron chi connectivity index (χ0n) is 34.6. The molecule has 8 aromatic rings. The number of esters is 2. The van der Waals surface area contributed by atoms with Crippen LogP contribution in [-0.2, 0) is 37.7 Å². The number of hydrogen-bond donors (Lipinski definition) is 1. The molecule has 4 aromatic carbocycles. The SMILES string of the molecule is N#Cc1cc2c(cc1N)C(=O)/C(=C/c1cc3sc4c5c(sc4c3s1)-c1sc(C=C3C(=O)c4cc(C#N)c(C#N)cc4C3=O)cc1C5(C(=O)OCc1ccccc1)C(=O)OCc1ccccc1)C2=O. The number of hydrogen-bond acceptors (Lipinski definition) is 16. The topological polar surface area (TPSA) is 218 Å². The number of carbonyl (C=O) groups excluding carboxylic acids is 6. The minimum Gasteiger partial charge on any atom is -0.459 e. The Kier molecular flexibility index (Phi) is 9.86. The number of thiophene rings is 4. The molecule has 0 fully saturated rings. The monoisotopic (exact) mass is 960 g/mol. The van der Waals surface area contributed by atoms with Gasteiger partial charge in [0.2, 0.25) is 5.41 Å². The van der Waals surface area contributed by atoms with Crippen LogP contribution in [0.1, 0.15) is 90.1 Å². The number of anilines is 1. The molecule has 12 nitrogen and oxygen atoms in total. The predicted octanol–water partition coefficient (Wildman–Crippen LogP) is 10.1. The van der Waals surface area contributed by atoms with Crippen molar-refractivity contribution in [2.45, 2.75) is 18.6 Å². The zero-order chi connectivity index (χ0) is 47.2. The van der Waals surface area contributed by atoms with Crippen LogP contribution in [0.5, 0.6) is 0 Å². The summed E-state index contributed by atoms with van der Waals surface area (Å²) in [5, 5.41) is 28.8. The van der Waals surface area contributed by atoms with Gasteiger partial charge < -0.3 is 15.2 Å². The highest BCUT2D eigenvalue weighted by Gasteiger charge is 2.61. The highest BCUT2D eigenvalue weighted by atomic mass is 32.1. The first-order chi connectivity index (χ1) is 32.9. The van der Waals surface area contributed by atoms with Crippen LogP contribution in [0.15, 0.2) is 108 Å². The molecule has 0 atom stereocenters. The predicted molar refractivity (Wildman–Crippen MR) is 256 cm³/mol. The molecular weight excluding hydrogens is 937 g/mol. The van der Waals surface area contributed by atoms with Crippen molar-refractivity contribution in [1.82, 2.24) is 0 Å². The fourth-order valence-electron chi connectivity index (χ4n) is 8.79. The van der Waals surface area contributed by atoms with E-state index in [4.69, 9.17) is 15.2 Å². The Bertz CT molecular complexity index is 3760. The maximum absolute atomic E-state index is 15.2. The van der Waals surface area contributed by atoms with Crippen molar-refractivity contribution in [3.05, 3.63) is 179 Å². The van der Waals surface area contributed by atoms with Crippen LogP contribution >= 0.6 is 45.3 Å². The van der Waals surface area contributed by atoms with E-state index in [9.17, 15) is 35.0 Å². The van der Waals surface area contributed by atoms with Crippen LogP contribution in [-0.4, -0.2) is 35.1 Å². The van der Waals surface area contributed by atoms with Gasteiger partial charge in [0.05, 0.1) is 57.4 Å². The second-order valence-corrected chi connectivity index (χ2v) is 20.1. The van der Waals surface area contributed by atoms with E-state index < -0.39 is 40.5 Å². The molecule has 0 bridgehead atoms. The van der Waals surface area contributed by atoms with Gasteiger partial charge >= 0.3 is 11.9 Å². The van der Waals surface area contributed by atoms with Gasteiger partial charge in [-0.3, -0.25) is 28.8 Å². The molecule has 0 unspecified atom stereocenters. The Morgan fingerprint density at radius 1 is 0.559 bits per heavy atom. The number of nitrogens with two attached hydrogens (primary N) is 1. The summed E-state index contributed by atoms with van der Waals surface area (Å²) < 4.78 is 15.1. The molecular formula is C52H24N4O8S4. The molecule has 0 saturated carbocycles. The number of fused-ring (bicyclic) bond motifs is 9. The number of allylic oxidation sites excluding steroid dienone is 2. The van der Waals surface area contributed by atoms with Crippen molar-refractivity contribution in [3.8, 4) is 28.0 Å². The average molecular weight is 961 g/mol. The molecule has 11 rings (SSSR count). The fourth-order valence-corrected chi connectivity index (χ4v) is 14.4. The third kappa shape index (κ3) is 6.26. The molecule has 4 heterocycles. The minimum atomic E-state index is -2.19. The van der Waals surface area contributed by atoms with Crippen molar-refractivity contribution in [1.29, 1.82) is 15.8 Å². The Balaban J connectivity index is 1.07. The first-order valence-electron chi connectivity index (χ1n) is 20.5. The Hall–Kier alpha value is -8.43. The molecule has 0 aliphatic heterocycles. The second-order valence-electron chi connectivity index (χ2n) is 15.9. The smallest absolute Gasteiger partial charge is 0.333 e. The van der Waals surface area contributed by atoms with Gasteiger partial charge in [-0.05, 0) is 59.7 Å². The molecule has 68 heavy (non-hydrogen) atoms. The van der Waals surface area contributed by atoms with E-state index in [1.807, 2.05) is 36.4 Å². The highest BCUT2D eigenvalue weighted by Crippen LogP contribution is 2.62. The number of nitriles is 3. The molecule has 0 saturated heterocycles. The van der Waals surface area contributed by atoms with E-state index in [-0.39, 0.29) is 74.6 Å². The van der Waals surface area contributed by atoms with Crippen LogP contribution in [0.3, 0.4) is 0 Å². The van der Waals surface area contributed by atoms with Gasteiger partial charge in [-0.25, -0.2) is 0 Å². The van der Waals surface area contributed by atoms with Gasteiger partial charge in [-0.15, -0.1) is 45.3 Å². The lowest BCUT2D eigenvalue weighted by Crippen LogP contribution is -2.45. The van der Waals surface area contributed by atoms with Crippen molar-refractivity contribution in [2.75, 3.05) is 5.73 Å². The number of nitrogen functional groups attached to an aromatic ring is 1. The summed E-state index contributed by atoms with van der Waals surface area (Å²) >= 11 is 5.16. The van der Waals surface area contributed by atoms with Crippen LogP contribution in [0.2, 0.25) is 0 Å². The Morgan fingerprint density at radius 2 is 1.04 bits per heavy atom. The first kappa shape index (κ1) is 42.2. The van der Waals surface area contributed by atoms with Gasteiger partial charge in [-0.1, -0.05) is 60.7 Å². The summed E-state index contributed by atoms with van der Waals surface area (Å²) in [6.45, 7) is -0.349. The molecule has 4 aromatic heterocycles. The van der Waals surface area contributed by atoms with Gasteiger partial charge in [0.25, 0.3) is 0 Å². The van der Waals surface area contributed by atoms with Crippen LogP contribution < -0.4 is 5.73 Å². The molecule has 3 aliphatic rings. The van der Waals surface area contributed by atoms with Gasteiger partial charge in [0, 0.05) is 47.8 Å². The summed E-state index contributed by atoms with van der Waals surface area (Å²) in [6, 6.07) is 32.3. The van der Waals surface area contributed by atoms with E-state index in [1.165, 1.54) is 81.8 Å². The lowest BCUT2D eigenvalue weighted by molar-refractivity contribution is -0.164. The average Bonchev–Trinajstić information content (AvgIpc) is 4.22. The first-order valence-corrected chi connectivity index (χ1v) is 23.7. The van der Waals surface area contributed by atoms with Crippen LogP contribution in [0, 0.1) is 34.0 Å². The Morgan fingerprint density at radius 3 is 1.56 bits per heavy atom. The number of ether oxygens (including phenoxy) is 2. The molecule has 0 amide bonds. The number of carbonyl (C=O) groups is 6. The molecule has 2 N–H and O–H groups in total. The van der Waals surface area contributed by atoms with Crippen LogP contribution in [0.25, 0.3) is 40.7 Å². The van der Waals surface area contributed by atoms with E-state index >= 15 is 9.59 Å². The standard InChI is InChI=1S/C52H24N4O8S4/c53-19-26-11-31-32(12-27(26)20-54)42(58)35(41(31)57)14-29-16-37-45(65-29)47-40(52(37,50(61)63-22-24-7-3-1-4-8-24)51(62)64-23-25-9-5-2-6-10-25)48-49(68-47)46-39(67-48)17-30(66-46)15-36-43(59)33-13-28(21-55)38(56)18-34(33)44(36)60/h1-18H,22-23,56H2/b36-15+. The van der Waals surface area contributed by atoms with Crippen molar-refractivity contribution < 1.29 is 38.2 Å². The molecule has 16 heteroatoms. The highest BCUT2D eigenvalue weighted by molar-refractivity contribution is 7.40. The molecule has 3 aliphatic carbocycles.